The van der Waals surface area contributed by atoms with Gasteiger partial charge in [0.1, 0.15) is 6.61 Å². The molecule has 18 heavy (non-hydrogen) atoms. The molecule has 106 valence electrons. The van der Waals surface area contributed by atoms with Gasteiger partial charge < -0.3 is 35.0 Å². The number of esters is 2. The molecule has 5 N–H and O–H groups in total. The number of ether oxygens (including phenoxy) is 2. The number of carbonyl (C=O) groups is 2. The highest BCUT2D eigenvalue weighted by Gasteiger charge is 2.23. The topological polar surface area (TPSA) is 154 Å². The van der Waals surface area contributed by atoms with Gasteiger partial charge in [0.2, 0.25) is 0 Å². The van der Waals surface area contributed by atoms with E-state index in [0.717, 1.165) is 0 Å². The van der Waals surface area contributed by atoms with Crippen LogP contribution in [0.2, 0.25) is 0 Å². The molecule has 9 heteroatoms. The van der Waals surface area contributed by atoms with Crippen LogP contribution in [-0.4, -0.2) is 82.2 Å². The van der Waals surface area contributed by atoms with Gasteiger partial charge in [-0.2, -0.15) is 0 Å². The molecule has 0 aliphatic carbocycles. The molecule has 0 saturated heterocycles. The second-order valence-electron chi connectivity index (χ2n) is 3.27. The molecular weight excluding hydrogens is 252 g/mol. The van der Waals surface area contributed by atoms with Crippen LogP contribution in [0, 0.1) is 0 Å². The highest BCUT2D eigenvalue weighted by molar-refractivity contribution is 5.75. The zero-order valence-electron chi connectivity index (χ0n) is 9.43. The van der Waals surface area contributed by atoms with Crippen molar-refractivity contribution < 1.29 is 44.6 Å². The van der Waals surface area contributed by atoms with E-state index in [1.165, 1.54) is 0 Å². The molecule has 0 saturated carbocycles. The minimum absolute atomic E-state index is 0.559. The van der Waals surface area contributed by atoms with Crippen molar-refractivity contribution in [3.63, 3.8) is 0 Å². The van der Waals surface area contributed by atoms with Crippen LogP contribution in [0.25, 0.3) is 0 Å². The minimum Gasteiger partial charge on any atom is -0.460 e. The number of aliphatic hydroxyl groups is 5. The molecule has 0 aliphatic rings. The van der Waals surface area contributed by atoms with Gasteiger partial charge in [0.15, 0.2) is 18.3 Å². The van der Waals surface area contributed by atoms with E-state index in [9.17, 15) is 9.59 Å². The molecule has 0 bridgehead atoms. The molecular formula is C9H16O9. The normalized spacial score (nSPS) is 15.6. The Bertz CT molecular complexity index is 267. The fourth-order valence-corrected chi connectivity index (χ4v) is 0.787. The summed E-state index contributed by atoms with van der Waals surface area (Å²) in [5.41, 5.74) is 0. The summed E-state index contributed by atoms with van der Waals surface area (Å²) >= 11 is 0. The molecule has 3 atom stereocenters. The lowest BCUT2D eigenvalue weighted by Crippen LogP contribution is -2.36. The molecule has 0 rings (SSSR count). The zero-order chi connectivity index (χ0) is 14.1. The SMILES string of the molecule is O=C(OCC(CO)OC(=O)C(O)CO)C(O)CO. The Hall–Kier alpha value is -1.26. The van der Waals surface area contributed by atoms with Crippen molar-refractivity contribution in [1.82, 2.24) is 0 Å². The third kappa shape index (κ3) is 5.89. The van der Waals surface area contributed by atoms with E-state index in [1.807, 2.05) is 0 Å². The third-order valence-electron chi connectivity index (χ3n) is 1.79. The number of rotatable bonds is 8. The Balaban J connectivity index is 4.12. The summed E-state index contributed by atoms with van der Waals surface area (Å²) in [4.78, 5) is 21.9. The minimum atomic E-state index is -1.75. The smallest absolute Gasteiger partial charge is 0.337 e. The summed E-state index contributed by atoms with van der Waals surface area (Å²) in [5.74, 6) is -2.33. The van der Waals surface area contributed by atoms with Crippen LogP contribution in [-0.2, 0) is 19.1 Å². The van der Waals surface area contributed by atoms with Gasteiger partial charge in [-0.05, 0) is 0 Å². The van der Waals surface area contributed by atoms with Crippen LogP contribution in [0.1, 0.15) is 0 Å². The van der Waals surface area contributed by atoms with E-state index < -0.39 is 56.7 Å². The summed E-state index contributed by atoms with van der Waals surface area (Å²) in [5, 5.41) is 43.4. The molecule has 0 aromatic rings. The van der Waals surface area contributed by atoms with Gasteiger partial charge in [0.25, 0.3) is 0 Å². The third-order valence-corrected chi connectivity index (χ3v) is 1.79. The first kappa shape index (κ1) is 16.7. The molecule has 0 fully saturated rings. The van der Waals surface area contributed by atoms with Gasteiger partial charge in [-0.3, -0.25) is 0 Å². The Morgan fingerprint density at radius 2 is 1.39 bits per heavy atom. The molecule has 0 radical (unpaired) electrons. The average molecular weight is 268 g/mol. The van der Waals surface area contributed by atoms with Gasteiger partial charge >= 0.3 is 11.9 Å². The number of hydrogen-bond donors (Lipinski definition) is 5. The number of hydrogen-bond acceptors (Lipinski definition) is 9. The first-order chi connectivity index (χ1) is 8.46. The zero-order valence-corrected chi connectivity index (χ0v) is 9.43. The van der Waals surface area contributed by atoms with Crippen molar-refractivity contribution in [2.24, 2.45) is 0 Å². The maximum absolute atomic E-state index is 11.0. The predicted octanol–water partition coefficient (Wildman–Crippen LogP) is -3.86. The van der Waals surface area contributed by atoms with Crippen LogP contribution in [0.4, 0.5) is 0 Å². The van der Waals surface area contributed by atoms with Crippen LogP contribution < -0.4 is 0 Å². The first-order valence-corrected chi connectivity index (χ1v) is 5.02. The highest BCUT2D eigenvalue weighted by Crippen LogP contribution is 1.98. The summed E-state index contributed by atoms with van der Waals surface area (Å²) in [6.45, 7) is -2.92. The van der Waals surface area contributed by atoms with Crippen molar-refractivity contribution in [2.75, 3.05) is 26.4 Å². The van der Waals surface area contributed by atoms with Gasteiger partial charge in [-0.15, -0.1) is 0 Å². The Kier molecular flexibility index (Phi) is 8.16. The predicted molar refractivity (Wildman–Crippen MR) is 54.1 cm³/mol. The molecule has 0 aliphatic heterocycles. The van der Waals surface area contributed by atoms with Gasteiger partial charge in [-0.1, -0.05) is 0 Å². The van der Waals surface area contributed by atoms with Gasteiger partial charge in [0, 0.05) is 0 Å². The maximum Gasteiger partial charge on any atom is 0.337 e. The largest absolute Gasteiger partial charge is 0.460 e. The second-order valence-corrected chi connectivity index (χ2v) is 3.27. The molecule has 0 aromatic carbocycles. The Morgan fingerprint density at radius 3 is 1.83 bits per heavy atom. The standard InChI is InChI=1S/C9H16O9/c10-1-5(18-9(16)7(14)3-12)4-17-8(15)6(13)2-11/h5-7,10-14H,1-4H2. The Morgan fingerprint density at radius 1 is 0.889 bits per heavy atom. The molecule has 0 spiro atoms. The lowest BCUT2D eigenvalue weighted by Gasteiger charge is -2.17. The number of aliphatic hydroxyl groups excluding tert-OH is 5. The highest BCUT2D eigenvalue weighted by atomic mass is 16.6. The monoisotopic (exact) mass is 268 g/mol. The maximum atomic E-state index is 11.0. The fraction of sp³-hybridized carbons (Fsp3) is 0.778. The summed E-state index contributed by atoms with van der Waals surface area (Å²) in [6.07, 6.45) is -4.71. The van der Waals surface area contributed by atoms with Crippen molar-refractivity contribution in [3.05, 3.63) is 0 Å². The lowest BCUT2D eigenvalue weighted by molar-refractivity contribution is -0.173. The fourth-order valence-electron chi connectivity index (χ4n) is 0.787. The van der Waals surface area contributed by atoms with Crippen LogP contribution >= 0.6 is 0 Å². The molecule has 3 unspecified atom stereocenters. The van der Waals surface area contributed by atoms with E-state index in [0.29, 0.717) is 0 Å². The van der Waals surface area contributed by atoms with Gasteiger partial charge in [0.05, 0.1) is 19.8 Å². The van der Waals surface area contributed by atoms with Crippen LogP contribution in [0.3, 0.4) is 0 Å². The van der Waals surface area contributed by atoms with E-state index in [-0.39, 0.29) is 0 Å². The Labute approximate surface area is 102 Å². The summed E-state index contributed by atoms with van der Waals surface area (Å²) in [6, 6.07) is 0. The van der Waals surface area contributed by atoms with Gasteiger partial charge in [-0.25, -0.2) is 9.59 Å². The van der Waals surface area contributed by atoms with Crippen molar-refractivity contribution in [1.29, 1.82) is 0 Å². The molecule has 9 nitrogen and oxygen atoms in total. The average Bonchev–Trinajstić information content (AvgIpc) is 2.40. The molecule has 0 heterocycles. The van der Waals surface area contributed by atoms with E-state index >= 15 is 0 Å². The summed E-state index contributed by atoms with van der Waals surface area (Å²) in [7, 11) is 0. The van der Waals surface area contributed by atoms with E-state index in [1.54, 1.807) is 0 Å². The van der Waals surface area contributed by atoms with Crippen LogP contribution in [0.15, 0.2) is 0 Å². The molecule has 0 aromatic heterocycles. The van der Waals surface area contributed by atoms with E-state index in [2.05, 4.69) is 9.47 Å². The summed E-state index contributed by atoms with van der Waals surface area (Å²) < 4.78 is 8.93. The second kappa shape index (κ2) is 8.78. The van der Waals surface area contributed by atoms with E-state index in [4.69, 9.17) is 25.5 Å². The van der Waals surface area contributed by atoms with Crippen molar-refractivity contribution in [3.8, 4) is 0 Å². The van der Waals surface area contributed by atoms with Crippen molar-refractivity contribution >= 4 is 11.9 Å². The number of carbonyl (C=O) groups excluding carboxylic acids is 2. The quantitative estimate of drug-likeness (QED) is 0.278. The first-order valence-electron chi connectivity index (χ1n) is 5.02. The van der Waals surface area contributed by atoms with Crippen molar-refractivity contribution in [2.45, 2.75) is 18.3 Å². The van der Waals surface area contributed by atoms with Crippen LogP contribution in [0.5, 0.6) is 0 Å². The lowest BCUT2D eigenvalue weighted by atomic mass is 10.3. The molecule has 0 amide bonds.